The van der Waals surface area contributed by atoms with Crippen molar-refractivity contribution in [1.29, 1.82) is 0 Å². The van der Waals surface area contributed by atoms with Crippen LogP contribution in [-0.4, -0.2) is 23.3 Å². The minimum atomic E-state index is -0.708. The number of carbonyl (C=O) groups excluding carboxylic acids is 2. The van der Waals surface area contributed by atoms with E-state index in [1.165, 1.54) is 11.3 Å². The number of hydrogen-bond donors (Lipinski definition) is 2. The Balaban J connectivity index is 1.47. The Morgan fingerprint density at radius 2 is 1.67 bits per heavy atom. The van der Waals surface area contributed by atoms with Crippen LogP contribution in [0.3, 0.4) is 0 Å². The standard InChI is InChI=1S/C20H19N3O3S/c1-14-2-6-17(7-3-14)26-18-8-4-15(5-9-18)23-20(25)19(24)21-11-10-16-12-27-13-22-16/h2-9,12-13H,10-11H2,1H3,(H,21,24)(H,23,25). The highest BCUT2D eigenvalue weighted by Gasteiger charge is 2.13. The summed E-state index contributed by atoms with van der Waals surface area (Å²) in [6.45, 7) is 2.37. The molecule has 2 aromatic carbocycles. The molecule has 0 spiro atoms. The number of hydrogen-bond acceptors (Lipinski definition) is 5. The van der Waals surface area contributed by atoms with Crippen LogP contribution in [-0.2, 0) is 16.0 Å². The van der Waals surface area contributed by atoms with Gasteiger partial charge in [-0.3, -0.25) is 9.59 Å². The highest BCUT2D eigenvalue weighted by molar-refractivity contribution is 7.07. The van der Waals surface area contributed by atoms with Crippen LogP contribution >= 0.6 is 11.3 Å². The third kappa shape index (κ3) is 5.65. The molecule has 2 amide bonds. The maximum atomic E-state index is 11.9. The molecule has 3 aromatic rings. The van der Waals surface area contributed by atoms with Crippen molar-refractivity contribution in [2.24, 2.45) is 0 Å². The van der Waals surface area contributed by atoms with Crippen molar-refractivity contribution in [2.75, 3.05) is 11.9 Å². The average Bonchev–Trinajstić information content (AvgIpc) is 3.18. The van der Waals surface area contributed by atoms with E-state index in [0.29, 0.717) is 24.4 Å². The maximum absolute atomic E-state index is 11.9. The summed E-state index contributed by atoms with van der Waals surface area (Å²) < 4.78 is 5.73. The van der Waals surface area contributed by atoms with Gasteiger partial charge in [-0.2, -0.15) is 0 Å². The van der Waals surface area contributed by atoms with Gasteiger partial charge in [0.15, 0.2) is 0 Å². The summed E-state index contributed by atoms with van der Waals surface area (Å²) in [5.41, 5.74) is 4.30. The van der Waals surface area contributed by atoms with Crippen molar-refractivity contribution in [1.82, 2.24) is 10.3 Å². The number of amides is 2. The second kappa shape index (κ2) is 8.95. The number of carbonyl (C=O) groups is 2. The normalized spacial score (nSPS) is 10.3. The molecule has 0 aliphatic carbocycles. The number of rotatable bonds is 6. The Bertz CT molecular complexity index is 891. The second-order valence-corrected chi connectivity index (χ2v) is 6.60. The van der Waals surface area contributed by atoms with Crippen molar-refractivity contribution in [3.63, 3.8) is 0 Å². The van der Waals surface area contributed by atoms with Gasteiger partial charge < -0.3 is 15.4 Å². The molecule has 1 aromatic heterocycles. The van der Waals surface area contributed by atoms with Gasteiger partial charge in [0.05, 0.1) is 11.2 Å². The number of benzene rings is 2. The molecule has 138 valence electrons. The molecule has 0 saturated carbocycles. The van der Waals surface area contributed by atoms with E-state index in [4.69, 9.17) is 4.74 Å². The predicted molar refractivity (Wildman–Crippen MR) is 105 cm³/mol. The van der Waals surface area contributed by atoms with Gasteiger partial charge in [-0.05, 0) is 43.3 Å². The van der Waals surface area contributed by atoms with Gasteiger partial charge in [-0.25, -0.2) is 4.98 Å². The largest absolute Gasteiger partial charge is 0.457 e. The van der Waals surface area contributed by atoms with Gasteiger partial charge in [-0.1, -0.05) is 17.7 Å². The molecule has 3 rings (SSSR count). The Labute approximate surface area is 161 Å². The first-order valence-corrected chi connectivity index (χ1v) is 9.35. The number of ether oxygens (including phenoxy) is 1. The lowest BCUT2D eigenvalue weighted by Crippen LogP contribution is -2.36. The van der Waals surface area contributed by atoms with E-state index in [9.17, 15) is 9.59 Å². The van der Waals surface area contributed by atoms with Gasteiger partial charge in [0.2, 0.25) is 0 Å². The zero-order valence-corrected chi connectivity index (χ0v) is 15.6. The van der Waals surface area contributed by atoms with E-state index in [0.717, 1.165) is 17.0 Å². The van der Waals surface area contributed by atoms with Crippen molar-refractivity contribution in [3.05, 3.63) is 70.7 Å². The summed E-state index contributed by atoms with van der Waals surface area (Å²) in [6, 6.07) is 14.6. The minimum Gasteiger partial charge on any atom is -0.457 e. The van der Waals surface area contributed by atoms with Crippen LogP contribution in [0, 0.1) is 6.92 Å². The molecule has 0 saturated heterocycles. The molecule has 1 heterocycles. The van der Waals surface area contributed by atoms with Crippen LogP contribution < -0.4 is 15.4 Å². The quantitative estimate of drug-likeness (QED) is 0.640. The summed E-state index contributed by atoms with van der Waals surface area (Å²) >= 11 is 1.50. The van der Waals surface area contributed by atoms with Crippen LogP contribution in [0.4, 0.5) is 5.69 Å². The lowest BCUT2D eigenvalue weighted by Gasteiger charge is -2.08. The highest BCUT2D eigenvalue weighted by Crippen LogP contribution is 2.23. The summed E-state index contributed by atoms with van der Waals surface area (Å²) in [7, 11) is 0. The monoisotopic (exact) mass is 381 g/mol. The van der Waals surface area contributed by atoms with Crippen LogP contribution in [0.25, 0.3) is 0 Å². The molecule has 0 fully saturated rings. The lowest BCUT2D eigenvalue weighted by molar-refractivity contribution is -0.136. The van der Waals surface area contributed by atoms with Gasteiger partial charge in [0.1, 0.15) is 11.5 Å². The first-order chi connectivity index (χ1) is 13.1. The van der Waals surface area contributed by atoms with E-state index in [1.807, 2.05) is 36.6 Å². The van der Waals surface area contributed by atoms with Crippen LogP contribution in [0.15, 0.2) is 59.4 Å². The number of aromatic nitrogens is 1. The lowest BCUT2D eigenvalue weighted by atomic mass is 10.2. The van der Waals surface area contributed by atoms with Crippen molar-refractivity contribution < 1.29 is 14.3 Å². The fourth-order valence-electron chi connectivity index (χ4n) is 2.28. The van der Waals surface area contributed by atoms with Gasteiger partial charge >= 0.3 is 11.8 Å². The molecule has 0 aliphatic heterocycles. The number of nitrogens with zero attached hydrogens (tertiary/aromatic N) is 1. The third-order valence-electron chi connectivity index (χ3n) is 3.73. The van der Waals surface area contributed by atoms with E-state index >= 15 is 0 Å². The van der Waals surface area contributed by atoms with E-state index < -0.39 is 11.8 Å². The van der Waals surface area contributed by atoms with Crippen molar-refractivity contribution in [2.45, 2.75) is 13.3 Å². The highest BCUT2D eigenvalue weighted by atomic mass is 32.1. The Hall–Kier alpha value is -3.19. The fourth-order valence-corrected chi connectivity index (χ4v) is 2.87. The predicted octanol–water partition coefficient (Wildman–Crippen LogP) is 3.54. The number of aryl methyl sites for hydroxylation is 1. The molecule has 0 bridgehead atoms. The van der Waals surface area contributed by atoms with Gasteiger partial charge in [0, 0.05) is 24.0 Å². The number of nitrogens with one attached hydrogen (secondary N) is 2. The van der Waals surface area contributed by atoms with Crippen LogP contribution in [0.2, 0.25) is 0 Å². The molecule has 2 N–H and O–H groups in total. The maximum Gasteiger partial charge on any atom is 0.313 e. The SMILES string of the molecule is Cc1ccc(Oc2ccc(NC(=O)C(=O)NCCc3cscn3)cc2)cc1. The van der Waals surface area contributed by atoms with Crippen molar-refractivity contribution in [3.8, 4) is 11.5 Å². The van der Waals surface area contributed by atoms with E-state index in [1.54, 1.807) is 29.8 Å². The van der Waals surface area contributed by atoms with E-state index in [-0.39, 0.29) is 0 Å². The summed E-state index contributed by atoms with van der Waals surface area (Å²) in [4.78, 5) is 27.9. The Morgan fingerprint density at radius 3 is 2.30 bits per heavy atom. The Morgan fingerprint density at radius 1 is 1.00 bits per heavy atom. The summed E-state index contributed by atoms with van der Waals surface area (Å²) in [6.07, 6.45) is 0.591. The average molecular weight is 381 g/mol. The molecule has 0 unspecified atom stereocenters. The molecular formula is C20H19N3O3S. The number of anilines is 1. The van der Waals surface area contributed by atoms with Crippen LogP contribution in [0.5, 0.6) is 11.5 Å². The fraction of sp³-hybridized carbons (Fsp3) is 0.150. The second-order valence-electron chi connectivity index (χ2n) is 5.88. The first-order valence-electron chi connectivity index (χ1n) is 8.41. The molecule has 0 atom stereocenters. The minimum absolute atomic E-state index is 0.360. The summed E-state index contributed by atoms with van der Waals surface area (Å²) in [5, 5.41) is 7.05. The summed E-state index contributed by atoms with van der Waals surface area (Å²) in [5.74, 6) is -0.00728. The topological polar surface area (TPSA) is 80.3 Å². The van der Waals surface area contributed by atoms with E-state index in [2.05, 4.69) is 15.6 Å². The molecular weight excluding hydrogens is 362 g/mol. The molecule has 0 aliphatic rings. The van der Waals surface area contributed by atoms with Crippen molar-refractivity contribution >= 4 is 28.8 Å². The zero-order chi connectivity index (χ0) is 19.1. The van der Waals surface area contributed by atoms with Crippen LogP contribution in [0.1, 0.15) is 11.3 Å². The zero-order valence-electron chi connectivity index (χ0n) is 14.8. The third-order valence-corrected chi connectivity index (χ3v) is 4.36. The Kier molecular flexibility index (Phi) is 6.17. The molecule has 7 heteroatoms. The molecule has 0 radical (unpaired) electrons. The first kappa shape index (κ1) is 18.6. The smallest absolute Gasteiger partial charge is 0.313 e. The van der Waals surface area contributed by atoms with Gasteiger partial charge in [-0.15, -0.1) is 11.3 Å². The van der Waals surface area contributed by atoms with Gasteiger partial charge in [0.25, 0.3) is 0 Å². The number of thiazole rings is 1. The molecule has 27 heavy (non-hydrogen) atoms. The molecule has 6 nitrogen and oxygen atoms in total.